The predicted octanol–water partition coefficient (Wildman–Crippen LogP) is 0.512. The maximum Gasteiger partial charge on any atom is 0.261 e. The summed E-state index contributed by atoms with van der Waals surface area (Å²) in [6.45, 7) is 1.13. The number of aromatic nitrogens is 4. The molecule has 1 aliphatic rings. The second kappa shape index (κ2) is 6.00. The highest BCUT2D eigenvalue weighted by atomic mass is 16.5. The molecule has 1 fully saturated rings. The van der Waals surface area contributed by atoms with Crippen LogP contribution in [0.2, 0.25) is 0 Å². The molecule has 1 amide bonds. The molecule has 0 radical (unpaired) electrons. The van der Waals surface area contributed by atoms with Gasteiger partial charge in [-0.3, -0.25) is 14.5 Å². The number of amides is 1. The third-order valence-electron chi connectivity index (χ3n) is 3.48. The highest BCUT2D eigenvalue weighted by molar-refractivity contribution is 5.96. The van der Waals surface area contributed by atoms with Gasteiger partial charge in [-0.2, -0.15) is 0 Å². The van der Waals surface area contributed by atoms with Crippen molar-refractivity contribution in [3.05, 3.63) is 30.4 Å². The zero-order chi connectivity index (χ0) is 15.5. The minimum Gasteiger partial charge on any atom is -0.479 e. The van der Waals surface area contributed by atoms with Crippen molar-refractivity contribution in [2.75, 3.05) is 20.2 Å². The van der Waals surface area contributed by atoms with Crippen LogP contribution < -0.4 is 9.47 Å². The average molecular weight is 303 g/mol. The molecular formula is C14H17N5O3. The second-order valence-electron chi connectivity index (χ2n) is 5.05. The number of hydrogen-bond acceptors (Lipinski definition) is 6. The fourth-order valence-electron chi connectivity index (χ4n) is 2.46. The van der Waals surface area contributed by atoms with Crippen molar-refractivity contribution in [3.63, 3.8) is 0 Å². The van der Waals surface area contributed by atoms with Crippen molar-refractivity contribution in [1.82, 2.24) is 24.6 Å². The molecule has 2 aromatic heterocycles. The van der Waals surface area contributed by atoms with Crippen molar-refractivity contribution in [2.24, 2.45) is 7.05 Å². The first-order chi connectivity index (χ1) is 10.7. The molecule has 0 aromatic carbocycles. The molecule has 8 heteroatoms. The second-order valence-corrected chi connectivity index (χ2v) is 5.05. The van der Waals surface area contributed by atoms with E-state index in [4.69, 9.17) is 9.47 Å². The van der Waals surface area contributed by atoms with Crippen LogP contribution in [0.15, 0.2) is 24.8 Å². The van der Waals surface area contributed by atoms with Gasteiger partial charge in [0.25, 0.3) is 5.91 Å². The molecule has 8 nitrogen and oxygen atoms in total. The van der Waals surface area contributed by atoms with Gasteiger partial charge in [-0.25, -0.2) is 4.98 Å². The van der Waals surface area contributed by atoms with Gasteiger partial charge >= 0.3 is 0 Å². The van der Waals surface area contributed by atoms with Crippen LogP contribution >= 0.6 is 0 Å². The van der Waals surface area contributed by atoms with Crippen LogP contribution in [0.3, 0.4) is 0 Å². The molecule has 116 valence electrons. The summed E-state index contributed by atoms with van der Waals surface area (Å²) in [6, 6.07) is 0. The topological polar surface area (TPSA) is 82.4 Å². The number of hydrogen-bond donors (Lipinski definition) is 0. The van der Waals surface area contributed by atoms with Gasteiger partial charge < -0.3 is 14.4 Å². The van der Waals surface area contributed by atoms with Crippen LogP contribution in [0.1, 0.15) is 16.8 Å². The van der Waals surface area contributed by atoms with E-state index in [2.05, 4.69) is 15.1 Å². The smallest absolute Gasteiger partial charge is 0.261 e. The number of likely N-dealkylation sites (tertiary alicyclic amines) is 1. The molecule has 22 heavy (non-hydrogen) atoms. The van der Waals surface area contributed by atoms with Crippen LogP contribution in [0.25, 0.3) is 0 Å². The maximum absolute atomic E-state index is 12.5. The van der Waals surface area contributed by atoms with Gasteiger partial charge in [0.2, 0.25) is 11.8 Å². The van der Waals surface area contributed by atoms with E-state index in [1.165, 1.54) is 7.11 Å². The highest BCUT2D eigenvalue weighted by Crippen LogP contribution is 2.22. The number of ether oxygens (including phenoxy) is 2. The van der Waals surface area contributed by atoms with E-state index in [1.807, 2.05) is 0 Å². The van der Waals surface area contributed by atoms with E-state index in [9.17, 15) is 4.79 Å². The molecule has 2 aromatic rings. The van der Waals surface area contributed by atoms with Crippen LogP contribution in [0.4, 0.5) is 0 Å². The molecule has 0 saturated carbocycles. The van der Waals surface area contributed by atoms with Gasteiger partial charge in [0, 0.05) is 38.6 Å². The van der Waals surface area contributed by atoms with E-state index in [0.717, 1.165) is 6.42 Å². The lowest BCUT2D eigenvalue weighted by molar-refractivity contribution is 0.0767. The molecule has 1 atom stereocenters. The van der Waals surface area contributed by atoms with Crippen molar-refractivity contribution in [1.29, 1.82) is 0 Å². The van der Waals surface area contributed by atoms with Crippen molar-refractivity contribution in [2.45, 2.75) is 12.5 Å². The Hall–Kier alpha value is -2.64. The zero-order valence-electron chi connectivity index (χ0n) is 12.5. The number of aryl methyl sites for hydroxylation is 1. The fraction of sp³-hybridized carbons (Fsp3) is 0.429. The molecule has 1 saturated heterocycles. The third-order valence-corrected chi connectivity index (χ3v) is 3.48. The molecule has 0 N–H and O–H groups in total. The van der Waals surface area contributed by atoms with E-state index in [1.54, 1.807) is 41.4 Å². The summed E-state index contributed by atoms with van der Waals surface area (Å²) in [7, 11) is 3.26. The zero-order valence-corrected chi connectivity index (χ0v) is 12.5. The average Bonchev–Trinajstić information content (AvgIpc) is 3.14. The number of rotatable bonds is 4. The molecule has 3 rings (SSSR count). The molecule has 3 heterocycles. The van der Waals surface area contributed by atoms with Gasteiger partial charge in [0.15, 0.2) is 0 Å². The number of carbonyl (C=O) groups excluding carboxylic acids is 1. The quantitative estimate of drug-likeness (QED) is 0.818. The predicted molar refractivity (Wildman–Crippen MR) is 76.7 cm³/mol. The normalized spacial score (nSPS) is 17.5. The lowest BCUT2D eigenvalue weighted by atomic mass is 10.3. The molecule has 0 bridgehead atoms. The van der Waals surface area contributed by atoms with Gasteiger partial charge in [-0.15, -0.1) is 5.10 Å². The summed E-state index contributed by atoms with van der Waals surface area (Å²) in [5, 5.41) is 4.11. The van der Waals surface area contributed by atoms with E-state index in [-0.39, 0.29) is 12.0 Å². The first-order valence-corrected chi connectivity index (χ1v) is 6.97. The molecule has 1 aliphatic heterocycles. The first kappa shape index (κ1) is 14.3. The largest absolute Gasteiger partial charge is 0.479 e. The summed E-state index contributed by atoms with van der Waals surface area (Å²) in [6.07, 6.45) is 7.07. The number of methoxy groups -OCH3 is 1. The van der Waals surface area contributed by atoms with Gasteiger partial charge in [0.1, 0.15) is 11.7 Å². The Morgan fingerprint density at radius 2 is 2.27 bits per heavy atom. The minimum absolute atomic E-state index is 0.0803. The monoisotopic (exact) mass is 303 g/mol. The van der Waals surface area contributed by atoms with Crippen molar-refractivity contribution in [3.8, 4) is 11.8 Å². The molecular weight excluding hydrogens is 286 g/mol. The van der Waals surface area contributed by atoms with Crippen LogP contribution in [-0.2, 0) is 7.05 Å². The van der Waals surface area contributed by atoms with Gasteiger partial charge in [-0.05, 0) is 0 Å². The maximum atomic E-state index is 12.5. The number of carbonyl (C=O) groups is 1. The van der Waals surface area contributed by atoms with Crippen molar-refractivity contribution >= 4 is 5.91 Å². The van der Waals surface area contributed by atoms with E-state index in [0.29, 0.717) is 30.4 Å². The SMILES string of the molecule is COc1nn(C)cc1C(=O)N1CCC(Oc2cnccn2)C1. The van der Waals surface area contributed by atoms with Crippen LogP contribution in [0.5, 0.6) is 11.8 Å². The highest BCUT2D eigenvalue weighted by Gasteiger charge is 2.31. The minimum atomic E-state index is -0.102. The Balaban J connectivity index is 1.66. The molecule has 0 aliphatic carbocycles. The van der Waals surface area contributed by atoms with Gasteiger partial charge in [0.05, 0.1) is 19.9 Å². The molecule has 1 unspecified atom stereocenters. The van der Waals surface area contributed by atoms with Crippen molar-refractivity contribution < 1.29 is 14.3 Å². The Kier molecular flexibility index (Phi) is 3.90. The van der Waals surface area contributed by atoms with Gasteiger partial charge in [-0.1, -0.05) is 0 Å². The fourth-order valence-corrected chi connectivity index (χ4v) is 2.46. The number of nitrogens with zero attached hydrogens (tertiary/aromatic N) is 5. The lowest BCUT2D eigenvalue weighted by Crippen LogP contribution is -2.31. The van der Waals surface area contributed by atoms with E-state index >= 15 is 0 Å². The lowest BCUT2D eigenvalue weighted by Gasteiger charge is -2.16. The van der Waals surface area contributed by atoms with Crippen LogP contribution in [0, 0.1) is 0 Å². The Morgan fingerprint density at radius 1 is 1.41 bits per heavy atom. The summed E-state index contributed by atoms with van der Waals surface area (Å²) in [5.74, 6) is 0.710. The Labute approximate surface area is 127 Å². The van der Waals surface area contributed by atoms with E-state index < -0.39 is 0 Å². The third kappa shape index (κ3) is 2.85. The van der Waals surface area contributed by atoms with Crippen LogP contribution in [-0.4, -0.2) is 56.9 Å². The Morgan fingerprint density at radius 3 is 3.00 bits per heavy atom. The molecule has 0 spiro atoms. The first-order valence-electron chi connectivity index (χ1n) is 6.97. The summed E-state index contributed by atoms with van der Waals surface area (Å²) in [4.78, 5) is 22.3. The standard InChI is InChI=1S/C14H17N5O3/c1-18-9-11(13(17-18)21-2)14(20)19-6-3-10(8-19)22-12-7-15-4-5-16-12/h4-5,7,9-10H,3,6,8H2,1-2H3. The Bertz CT molecular complexity index is 658. The summed E-state index contributed by atoms with van der Waals surface area (Å²) < 4.78 is 12.4. The summed E-state index contributed by atoms with van der Waals surface area (Å²) >= 11 is 0. The summed E-state index contributed by atoms with van der Waals surface area (Å²) in [5.41, 5.74) is 0.463.